The van der Waals surface area contributed by atoms with Crippen LogP contribution in [0.3, 0.4) is 0 Å². The predicted octanol–water partition coefficient (Wildman–Crippen LogP) is 5.17. The first-order chi connectivity index (χ1) is 10.2. The van der Waals surface area contributed by atoms with Gasteiger partial charge in [-0.25, -0.2) is 9.37 Å². The minimum Gasteiger partial charge on any atom is -0.378 e. The Morgan fingerprint density at radius 1 is 1.14 bits per heavy atom. The maximum Gasteiger partial charge on any atom is 0.124 e. The lowest BCUT2D eigenvalue weighted by Crippen LogP contribution is -2.01. The molecule has 0 bridgehead atoms. The van der Waals surface area contributed by atoms with Crippen LogP contribution in [0, 0.1) is 9.39 Å². The highest BCUT2D eigenvalue weighted by Crippen LogP contribution is 2.23. The van der Waals surface area contributed by atoms with Gasteiger partial charge in [0.2, 0.25) is 0 Å². The molecule has 1 aromatic heterocycles. The molecule has 0 saturated heterocycles. The molecule has 0 fully saturated rings. The van der Waals surface area contributed by atoms with Gasteiger partial charge in [-0.2, -0.15) is 0 Å². The monoisotopic (exact) mass is 410 g/mol. The average molecular weight is 410 g/mol. The second-order valence-electron chi connectivity index (χ2n) is 4.47. The summed E-state index contributed by atoms with van der Waals surface area (Å²) in [6.07, 6.45) is 0. The minimum atomic E-state index is -0.217. The zero-order valence-corrected chi connectivity index (χ0v) is 14.0. The minimum absolute atomic E-state index is 0.217. The Morgan fingerprint density at radius 3 is 2.71 bits per heavy atom. The number of rotatable bonds is 4. The molecule has 3 rings (SSSR count). The number of nitrogens with zero attached hydrogens (tertiary/aromatic N) is 1. The molecule has 5 heteroatoms. The van der Waals surface area contributed by atoms with E-state index in [0.717, 1.165) is 25.5 Å². The van der Waals surface area contributed by atoms with Crippen molar-refractivity contribution >= 4 is 39.6 Å². The lowest BCUT2D eigenvalue weighted by Gasteiger charge is -2.06. The lowest BCUT2D eigenvalue weighted by molar-refractivity contribution is 0.627. The summed E-state index contributed by atoms with van der Waals surface area (Å²) in [6, 6.07) is 14.8. The molecule has 0 aliphatic carbocycles. The molecule has 0 unspecified atom stereocenters. The number of anilines is 1. The van der Waals surface area contributed by atoms with Crippen LogP contribution in [0.5, 0.6) is 0 Å². The van der Waals surface area contributed by atoms with Crippen LogP contribution in [0.2, 0.25) is 0 Å². The fraction of sp³-hybridized carbons (Fsp3) is 0.0625. The van der Waals surface area contributed by atoms with Gasteiger partial charge in [0.15, 0.2) is 0 Å². The Morgan fingerprint density at radius 2 is 1.95 bits per heavy atom. The van der Waals surface area contributed by atoms with Crippen LogP contribution in [0.1, 0.15) is 5.01 Å². The zero-order chi connectivity index (χ0) is 14.7. The van der Waals surface area contributed by atoms with Crippen molar-refractivity contribution in [1.82, 2.24) is 4.98 Å². The highest BCUT2D eigenvalue weighted by Gasteiger charge is 2.05. The van der Waals surface area contributed by atoms with E-state index < -0.39 is 0 Å². The Kier molecular flexibility index (Phi) is 4.50. The molecule has 0 saturated carbocycles. The zero-order valence-electron chi connectivity index (χ0n) is 11.0. The molecule has 21 heavy (non-hydrogen) atoms. The van der Waals surface area contributed by atoms with Crippen LogP contribution in [0.15, 0.2) is 53.9 Å². The second kappa shape index (κ2) is 6.53. The quantitative estimate of drug-likeness (QED) is 0.601. The summed E-state index contributed by atoms with van der Waals surface area (Å²) < 4.78 is 13.9. The van der Waals surface area contributed by atoms with E-state index in [2.05, 4.69) is 50.4 Å². The number of halogens is 2. The predicted molar refractivity (Wildman–Crippen MR) is 94.0 cm³/mol. The average Bonchev–Trinajstić information content (AvgIpc) is 2.96. The molecule has 0 atom stereocenters. The number of hydrogen-bond donors (Lipinski definition) is 1. The van der Waals surface area contributed by atoms with E-state index in [-0.39, 0.29) is 5.82 Å². The van der Waals surface area contributed by atoms with Gasteiger partial charge in [-0.3, -0.25) is 0 Å². The van der Waals surface area contributed by atoms with Crippen molar-refractivity contribution in [1.29, 1.82) is 0 Å². The van der Waals surface area contributed by atoms with Crippen molar-refractivity contribution in [3.05, 3.63) is 68.3 Å². The van der Waals surface area contributed by atoms with E-state index in [9.17, 15) is 4.39 Å². The topological polar surface area (TPSA) is 24.9 Å². The van der Waals surface area contributed by atoms with Crippen LogP contribution in [-0.2, 0) is 6.54 Å². The smallest absolute Gasteiger partial charge is 0.124 e. The molecule has 2 aromatic carbocycles. The molecular formula is C16H12FIN2S. The van der Waals surface area contributed by atoms with Gasteiger partial charge in [0.05, 0.1) is 12.2 Å². The van der Waals surface area contributed by atoms with Crippen molar-refractivity contribution in [2.45, 2.75) is 6.54 Å². The summed E-state index contributed by atoms with van der Waals surface area (Å²) in [6.45, 7) is 0.638. The summed E-state index contributed by atoms with van der Waals surface area (Å²) in [5.41, 5.74) is 3.04. The van der Waals surface area contributed by atoms with Crippen molar-refractivity contribution in [2.24, 2.45) is 0 Å². The number of benzene rings is 2. The van der Waals surface area contributed by atoms with Crippen molar-refractivity contribution < 1.29 is 4.39 Å². The fourth-order valence-corrected chi connectivity index (χ4v) is 3.35. The molecule has 0 spiro atoms. The molecule has 1 N–H and O–H groups in total. The first-order valence-electron chi connectivity index (χ1n) is 6.41. The second-order valence-corrected chi connectivity index (χ2v) is 6.58. The van der Waals surface area contributed by atoms with E-state index in [0.29, 0.717) is 6.54 Å². The largest absolute Gasteiger partial charge is 0.378 e. The van der Waals surface area contributed by atoms with Gasteiger partial charge in [0.25, 0.3) is 0 Å². The van der Waals surface area contributed by atoms with Gasteiger partial charge in [0, 0.05) is 20.2 Å². The summed E-state index contributed by atoms with van der Waals surface area (Å²) in [4.78, 5) is 4.62. The van der Waals surface area contributed by atoms with E-state index in [1.54, 1.807) is 17.4 Å². The van der Waals surface area contributed by atoms with Crippen molar-refractivity contribution in [3.63, 3.8) is 0 Å². The molecule has 0 radical (unpaired) electrons. The summed E-state index contributed by atoms with van der Waals surface area (Å²) in [7, 11) is 0. The Balaban J connectivity index is 1.70. The van der Waals surface area contributed by atoms with E-state index in [1.165, 1.54) is 12.1 Å². The molecule has 1 heterocycles. The number of hydrogen-bond acceptors (Lipinski definition) is 3. The third-order valence-corrected chi connectivity index (χ3v) is 4.72. The van der Waals surface area contributed by atoms with E-state index in [4.69, 9.17) is 0 Å². The summed E-state index contributed by atoms with van der Waals surface area (Å²) >= 11 is 3.75. The Labute approximate surface area is 140 Å². The van der Waals surface area contributed by atoms with Crippen LogP contribution in [0.4, 0.5) is 10.1 Å². The molecule has 0 aliphatic heterocycles. The van der Waals surface area contributed by atoms with E-state index in [1.807, 2.05) is 18.2 Å². The van der Waals surface area contributed by atoms with Gasteiger partial charge >= 0.3 is 0 Å². The first-order valence-corrected chi connectivity index (χ1v) is 8.37. The molecule has 106 valence electrons. The standard InChI is InChI=1S/C16H12FIN2S/c17-12-6-7-14(13(18)8-12)19-9-16-20-15(10-21-16)11-4-2-1-3-5-11/h1-8,10,19H,9H2. The maximum atomic E-state index is 13.1. The van der Waals surface area contributed by atoms with Crippen molar-refractivity contribution in [3.8, 4) is 11.3 Å². The fourth-order valence-electron chi connectivity index (χ4n) is 1.94. The van der Waals surface area contributed by atoms with Gasteiger partial charge in [0.1, 0.15) is 10.8 Å². The number of thiazole rings is 1. The van der Waals surface area contributed by atoms with Crippen LogP contribution >= 0.6 is 33.9 Å². The van der Waals surface area contributed by atoms with Crippen LogP contribution in [-0.4, -0.2) is 4.98 Å². The van der Waals surface area contributed by atoms with Crippen LogP contribution in [0.25, 0.3) is 11.3 Å². The maximum absolute atomic E-state index is 13.1. The SMILES string of the molecule is Fc1ccc(NCc2nc(-c3ccccc3)cs2)c(I)c1. The molecule has 3 aromatic rings. The van der Waals surface area contributed by atoms with E-state index >= 15 is 0 Å². The number of aromatic nitrogens is 1. The molecular weight excluding hydrogens is 398 g/mol. The summed E-state index contributed by atoms with van der Waals surface area (Å²) in [5.74, 6) is -0.217. The normalized spacial score (nSPS) is 10.6. The molecule has 0 amide bonds. The third-order valence-electron chi connectivity index (χ3n) is 2.98. The van der Waals surface area contributed by atoms with Gasteiger partial charge < -0.3 is 5.32 Å². The van der Waals surface area contributed by atoms with Gasteiger partial charge in [-0.05, 0) is 40.8 Å². The molecule has 0 aliphatic rings. The summed E-state index contributed by atoms with van der Waals surface area (Å²) in [5, 5.41) is 6.36. The molecule has 2 nitrogen and oxygen atoms in total. The lowest BCUT2D eigenvalue weighted by atomic mass is 10.2. The third kappa shape index (κ3) is 3.59. The highest BCUT2D eigenvalue weighted by molar-refractivity contribution is 14.1. The Bertz CT molecular complexity index is 743. The highest BCUT2D eigenvalue weighted by atomic mass is 127. The van der Waals surface area contributed by atoms with Crippen molar-refractivity contribution in [2.75, 3.05) is 5.32 Å². The number of nitrogens with one attached hydrogen (secondary N) is 1. The first kappa shape index (κ1) is 14.5. The van der Waals surface area contributed by atoms with Crippen LogP contribution < -0.4 is 5.32 Å². The Hall–Kier alpha value is -1.47. The van der Waals surface area contributed by atoms with Gasteiger partial charge in [-0.15, -0.1) is 11.3 Å². The van der Waals surface area contributed by atoms with Gasteiger partial charge in [-0.1, -0.05) is 30.3 Å².